The van der Waals surface area contributed by atoms with Gasteiger partial charge in [-0.3, -0.25) is 0 Å². The van der Waals surface area contributed by atoms with Crippen molar-refractivity contribution in [1.82, 2.24) is 9.29 Å². The average molecular weight is 293 g/mol. The van der Waals surface area contributed by atoms with Crippen LogP contribution >= 0.6 is 0 Å². The lowest BCUT2D eigenvalue weighted by Crippen LogP contribution is -2.42. The number of benzene rings is 1. The van der Waals surface area contributed by atoms with Gasteiger partial charge in [-0.25, -0.2) is 8.42 Å². The molecule has 1 aliphatic heterocycles. The summed E-state index contributed by atoms with van der Waals surface area (Å²) in [7, 11) is -3.48. The molecule has 6 heteroatoms. The second-order valence-corrected chi connectivity index (χ2v) is 7.78. The van der Waals surface area contributed by atoms with Gasteiger partial charge < -0.3 is 10.7 Å². The molecule has 1 saturated heterocycles. The van der Waals surface area contributed by atoms with Crippen LogP contribution in [0.4, 0.5) is 5.69 Å². The van der Waals surface area contributed by atoms with Gasteiger partial charge in [-0.05, 0) is 44.9 Å². The zero-order valence-electron chi connectivity index (χ0n) is 11.7. The highest BCUT2D eigenvalue weighted by Gasteiger charge is 2.41. The number of nitrogens with two attached hydrogens (primary N) is 1. The highest BCUT2D eigenvalue weighted by Crippen LogP contribution is 2.36. The van der Waals surface area contributed by atoms with Gasteiger partial charge in [-0.1, -0.05) is 0 Å². The summed E-state index contributed by atoms with van der Waals surface area (Å²) in [4.78, 5) is 3.34. The van der Waals surface area contributed by atoms with E-state index in [9.17, 15) is 8.42 Å². The Labute approximate surface area is 118 Å². The van der Waals surface area contributed by atoms with Crippen LogP contribution in [0.3, 0.4) is 0 Å². The van der Waals surface area contributed by atoms with E-state index in [0.717, 1.165) is 18.4 Å². The van der Waals surface area contributed by atoms with Crippen LogP contribution in [0.2, 0.25) is 0 Å². The van der Waals surface area contributed by atoms with Crippen molar-refractivity contribution in [2.75, 3.05) is 12.3 Å². The van der Waals surface area contributed by atoms with Crippen LogP contribution < -0.4 is 5.73 Å². The maximum absolute atomic E-state index is 12.9. The van der Waals surface area contributed by atoms with Crippen LogP contribution in [0.25, 0.3) is 10.9 Å². The number of aromatic nitrogens is 1. The maximum atomic E-state index is 12.9. The number of hydrogen-bond donors (Lipinski definition) is 2. The van der Waals surface area contributed by atoms with Gasteiger partial charge in [0, 0.05) is 34.9 Å². The predicted molar refractivity (Wildman–Crippen MR) is 79.9 cm³/mol. The maximum Gasteiger partial charge on any atom is 0.245 e. The Hall–Kier alpha value is -1.53. The Kier molecular flexibility index (Phi) is 2.85. The van der Waals surface area contributed by atoms with E-state index in [4.69, 9.17) is 5.73 Å². The monoisotopic (exact) mass is 293 g/mol. The minimum Gasteiger partial charge on any atom is -0.399 e. The third-order valence-electron chi connectivity index (χ3n) is 4.06. The fourth-order valence-corrected chi connectivity index (χ4v) is 4.99. The average Bonchev–Trinajstić information content (AvgIpc) is 2.91. The van der Waals surface area contributed by atoms with Gasteiger partial charge in [0.15, 0.2) is 0 Å². The van der Waals surface area contributed by atoms with E-state index >= 15 is 0 Å². The van der Waals surface area contributed by atoms with E-state index in [1.165, 1.54) is 0 Å². The molecule has 0 amide bonds. The summed E-state index contributed by atoms with van der Waals surface area (Å²) >= 11 is 0. The van der Waals surface area contributed by atoms with Gasteiger partial charge in [0.25, 0.3) is 0 Å². The minimum absolute atomic E-state index is 0.323. The van der Waals surface area contributed by atoms with Crippen LogP contribution in [0, 0.1) is 0 Å². The van der Waals surface area contributed by atoms with Crippen molar-refractivity contribution in [3.63, 3.8) is 0 Å². The fraction of sp³-hybridized carbons (Fsp3) is 0.429. The predicted octanol–water partition coefficient (Wildman–Crippen LogP) is 2.31. The number of aromatic amines is 1. The van der Waals surface area contributed by atoms with E-state index < -0.39 is 10.0 Å². The zero-order chi connectivity index (χ0) is 14.5. The molecule has 1 aromatic carbocycles. The van der Waals surface area contributed by atoms with Gasteiger partial charge >= 0.3 is 0 Å². The lowest BCUT2D eigenvalue weighted by molar-refractivity contribution is 0.292. The number of nitrogens with one attached hydrogen (secondary N) is 1. The highest BCUT2D eigenvalue weighted by atomic mass is 32.2. The third-order valence-corrected chi connectivity index (χ3v) is 6.21. The summed E-state index contributed by atoms with van der Waals surface area (Å²) in [5.74, 6) is 0. The lowest BCUT2D eigenvalue weighted by Gasteiger charge is -2.30. The molecule has 1 fully saturated rings. The number of sulfonamides is 1. The van der Waals surface area contributed by atoms with Crippen molar-refractivity contribution in [1.29, 1.82) is 0 Å². The molecule has 0 atom stereocenters. The Bertz CT molecular complexity index is 762. The zero-order valence-corrected chi connectivity index (χ0v) is 12.5. The number of fused-ring (bicyclic) bond motifs is 1. The molecule has 3 rings (SSSR count). The SMILES string of the molecule is CC1(C)CCCN1S(=O)(=O)c1c[nH]c2cc(N)ccc12. The van der Waals surface area contributed by atoms with E-state index in [1.807, 2.05) is 13.8 Å². The highest BCUT2D eigenvalue weighted by molar-refractivity contribution is 7.89. The second kappa shape index (κ2) is 4.23. The van der Waals surface area contributed by atoms with Crippen LogP contribution in [-0.2, 0) is 10.0 Å². The Morgan fingerprint density at radius 3 is 2.75 bits per heavy atom. The number of nitrogen functional groups attached to an aromatic ring is 1. The number of rotatable bonds is 2. The number of nitrogens with zero attached hydrogens (tertiary/aromatic N) is 1. The molecule has 2 heterocycles. The first kappa shape index (κ1) is 13.5. The molecule has 0 spiro atoms. The first-order valence-corrected chi connectivity index (χ1v) is 8.16. The van der Waals surface area contributed by atoms with Gasteiger partial charge in [-0.2, -0.15) is 4.31 Å². The molecule has 0 aliphatic carbocycles. The lowest BCUT2D eigenvalue weighted by atomic mass is 10.0. The standard InChI is InChI=1S/C14H19N3O2S/c1-14(2)6-3-7-17(14)20(18,19)13-9-16-12-8-10(15)4-5-11(12)13/h4-5,8-9,16H,3,6-7,15H2,1-2H3. The smallest absolute Gasteiger partial charge is 0.245 e. The first-order chi connectivity index (χ1) is 9.32. The third kappa shape index (κ3) is 1.91. The molecule has 1 aromatic heterocycles. The molecule has 1 aliphatic rings. The summed E-state index contributed by atoms with van der Waals surface area (Å²) in [5.41, 5.74) is 6.77. The molecule has 0 bridgehead atoms. The van der Waals surface area contributed by atoms with E-state index in [2.05, 4.69) is 4.98 Å². The van der Waals surface area contributed by atoms with Crippen LogP contribution in [0.15, 0.2) is 29.3 Å². The summed E-state index contributed by atoms with van der Waals surface area (Å²) in [6.07, 6.45) is 3.36. The minimum atomic E-state index is -3.48. The summed E-state index contributed by atoms with van der Waals surface area (Å²) in [5, 5.41) is 0.696. The van der Waals surface area contributed by atoms with Crippen molar-refractivity contribution in [2.24, 2.45) is 0 Å². The molecule has 3 N–H and O–H groups in total. The van der Waals surface area contributed by atoms with Crippen molar-refractivity contribution in [2.45, 2.75) is 37.1 Å². The van der Waals surface area contributed by atoms with Crippen molar-refractivity contribution >= 4 is 26.6 Å². The molecule has 0 unspecified atom stereocenters. The van der Waals surface area contributed by atoms with E-state index in [-0.39, 0.29) is 5.54 Å². The van der Waals surface area contributed by atoms with E-state index in [0.29, 0.717) is 22.5 Å². The van der Waals surface area contributed by atoms with Gasteiger partial charge in [0.1, 0.15) is 4.90 Å². The second-order valence-electron chi connectivity index (χ2n) is 5.95. The molecular formula is C14H19N3O2S. The van der Waals surface area contributed by atoms with Crippen LogP contribution in [-0.4, -0.2) is 29.8 Å². The van der Waals surface area contributed by atoms with Crippen molar-refractivity contribution in [3.05, 3.63) is 24.4 Å². The van der Waals surface area contributed by atoms with E-state index in [1.54, 1.807) is 28.7 Å². The summed E-state index contributed by atoms with van der Waals surface area (Å²) in [6.45, 7) is 4.53. The molecule has 2 aromatic rings. The van der Waals surface area contributed by atoms with Gasteiger partial charge in [0.2, 0.25) is 10.0 Å². The quantitative estimate of drug-likeness (QED) is 0.834. The molecule has 5 nitrogen and oxygen atoms in total. The number of H-pyrrole nitrogens is 1. The van der Waals surface area contributed by atoms with Crippen molar-refractivity contribution < 1.29 is 8.42 Å². The Morgan fingerprint density at radius 2 is 2.10 bits per heavy atom. The van der Waals surface area contributed by atoms with Crippen LogP contribution in [0.5, 0.6) is 0 Å². The van der Waals surface area contributed by atoms with Crippen LogP contribution in [0.1, 0.15) is 26.7 Å². The summed E-state index contributed by atoms with van der Waals surface area (Å²) in [6, 6.07) is 5.24. The first-order valence-electron chi connectivity index (χ1n) is 6.72. The topological polar surface area (TPSA) is 79.2 Å². The van der Waals surface area contributed by atoms with Gasteiger partial charge in [-0.15, -0.1) is 0 Å². The fourth-order valence-electron chi connectivity index (χ4n) is 2.98. The number of anilines is 1. The molecule has 0 radical (unpaired) electrons. The summed E-state index contributed by atoms with van der Waals surface area (Å²) < 4.78 is 27.4. The molecular weight excluding hydrogens is 274 g/mol. The molecule has 108 valence electrons. The molecule has 20 heavy (non-hydrogen) atoms. The number of hydrogen-bond acceptors (Lipinski definition) is 3. The largest absolute Gasteiger partial charge is 0.399 e. The van der Waals surface area contributed by atoms with Crippen molar-refractivity contribution in [3.8, 4) is 0 Å². The Balaban J connectivity index is 2.15. The van der Waals surface area contributed by atoms with Gasteiger partial charge in [0.05, 0.1) is 0 Å². The Morgan fingerprint density at radius 1 is 1.35 bits per heavy atom. The molecule has 0 saturated carbocycles. The normalized spacial score (nSPS) is 19.7.